The second kappa shape index (κ2) is 7.24. The Labute approximate surface area is 99.7 Å². The van der Waals surface area contributed by atoms with E-state index in [2.05, 4.69) is 4.98 Å². The average molecular weight is 240 g/mol. The van der Waals surface area contributed by atoms with Crippen molar-refractivity contribution in [2.24, 2.45) is 0 Å². The number of pyridine rings is 1. The molecule has 0 aliphatic carbocycles. The highest BCUT2D eigenvalue weighted by molar-refractivity contribution is 7.99. The summed E-state index contributed by atoms with van der Waals surface area (Å²) < 4.78 is 0. The number of aliphatic hydroxyl groups is 1. The number of hydrogen-bond acceptors (Lipinski definition) is 4. The Bertz CT molecular complexity index is 319. The molecule has 0 saturated heterocycles. The molecule has 1 N–H and O–H groups in total. The van der Waals surface area contributed by atoms with Gasteiger partial charge in [0.05, 0.1) is 12.4 Å². The Morgan fingerprint density at radius 2 is 2.44 bits per heavy atom. The summed E-state index contributed by atoms with van der Waals surface area (Å²) in [6, 6.07) is 3.87. The van der Waals surface area contributed by atoms with Crippen molar-refractivity contribution in [2.45, 2.75) is 5.75 Å². The number of aromatic nitrogens is 1. The van der Waals surface area contributed by atoms with Gasteiger partial charge in [0.2, 0.25) is 5.91 Å². The third kappa shape index (κ3) is 4.63. The molecule has 16 heavy (non-hydrogen) atoms. The van der Waals surface area contributed by atoms with Crippen LogP contribution in [0.5, 0.6) is 0 Å². The van der Waals surface area contributed by atoms with Crippen LogP contribution in [-0.4, -0.2) is 46.8 Å². The molecule has 0 atom stereocenters. The normalized spacial score (nSPS) is 10.1. The lowest BCUT2D eigenvalue weighted by Crippen LogP contribution is -2.30. The first-order chi connectivity index (χ1) is 7.74. The summed E-state index contributed by atoms with van der Waals surface area (Å²) in [5.74, 6) is 1.26. The zero-order valence-electron chi connectivity index (χ0n) is 9.30. The molecule has 0 saturated carbocycles. The molecule has 1 heterocycles. The summed E-state index contributed by atoms with van der Waals surface area (Å²) in [5, 5.41) is 8.68. The minimum absolute atomic E-state index is 0.00944. The maximum atomic E-state index is 11.5. The maximum absolute atomic E-state index is 11.5. The van der Waals surface area contributed by atoms with Gasteiger partial charge in [-0.25, -0.2) is 0 Å². The van der Waals surface area contributed by atoms with Crippen LogP contribution in [0.1, 0.15) is 5.56 Å². The predicted molar refractivity (Wildman–Crippen MR) is 65.1 cm³/mol. The molecular weight excluding hydrogens is 224 g/mol. The van der Waals surface area contributed by atoms with Gasteiger partial charge in [-0.15, -0.1) is 11.8 Å². The Morgan fingerprint density at radius 3 is 3.06 bits per heavy atom. The van der Waals surface area contributed by atoms with E-state index in [1.807, 2.05) is 12.1 Å². The predicted octanol–water partition coefficient (Wildman–Crippen LogP) is 0.765. The fraction of sp³-hybridized carbons (Fsp3) is 0.455. The number of hydrogen-bond donors (Lipinski definition) is 1. The minimum atomic E-state index is 0.00944. The van der Waals surface area contributed by atoms with Crippen molar-refractivity contribution in [3.63, 3.8) is 0 Å². The van der Waals surface area contributed by atoms with Crippen molar-refractivity contribution in [3.8, 4) is 0 Å². The zero-order valence-corrected chi connectivity index (χ0v) is 10.1. The lowest BCUT2D eigenvalue weighted by molar-refractivity contribution is -0.127. The highest BCUT2D eigenvalue weighted by atomic mass is 32.2. The van der Waals surface area contributed by atoms with E-state index in [1.54, 1.807) is 31.2 Å². The number of aliphatic hydroxyl groups excluding tert-OH is 1. The summed E-state index contributed by atoms with van der Waals surface area (Å²) in [4.78, 5) is 17.0. The number of likely N-dealkylation sites (N-methyl/N-ethyl adjacent to an activating group) is 1. The molecule has 0 aliphatic rings. The Kier molecular flexibility index (Phi) is 5.88. The first kappa shape index (κ1) is 13.0. The smallest absolute Gasteiger partial charge is 0.232 e. The molecule has 1 rings (SSSR count). The number of carbonyl (C=O) groups is 1. The van der Waals surface area contributed by atoms with Crippen LogP contribution in [0.25, 0.3) is 0 Å². The molecule has 1 aromatic heterocycles. The lowest BCUT2D eigenvalue weighted by Gasteiger charge is -2.14. The van der Waals surface area contributed by atoms with Crippen LogP contribution in [0.3, 0.4) is 0 Å². The van der Waals surface area contributed by atoms with E-state index in [4.69, 9.17) is 5.11 Å². The largest absolute Gasteiger partial charge is 0.395 e. The van der Waals surface area contributed by atoms with E-state index in [0.717, 1.165) is 11.3 Å². The molecule has 0 spiro atoms. The van der Waals surface area contributed by atoms with E-state index in [1.165, 1.54) is 4.90 Å². The van der Waals surface area contributed by atoms with Crippen molar-refractivity contribution in [3.05, 3.63) is 30.1 Å². The summed E-state index contributed by atoms with van der Waals surface area (Å²) >= 11 is 1.56. The molecule has 88 valence electrons. The van der Waals surface area contributed by atoms with Crippen LogP contribution in [0.4, 0.5) is 0 Å². The molecular formula is C11H16N2O2S. The molecule has 5 heteroatoms. The second-order valence-corrected chi connectivity index (χ2v) is 4.38. The van der Waals surface area contributed by atoms with Gasteiger partial charge in [-0.3, -0.25) is 9.78 Å². The van der Waals surface area contributed by atoms with Crippen molar-refractivity contribution < 1.29 is 9.90 Å². The van der Waals surface area contributed by atoms with Crippen LogP contribution >= 0.6 is 11.8 Å². The SMILES string of the molecule is CN(CCO)C(=O)CSCc1cccnc1. The van der Waals surface area contributed by atoms with E-state index in [0.29, 0.717) is 12.3 Å². The van der Waals surface area contributed by atoms with Crippen LogP contribution < -0.4 is 0 Å². The fourth-order valence-electron chi connectivity index (χ4n) is 1.12. The summed E-state index contributed by atoms with van der Waals surface area (Å²) in [5.41, 5.74) is 1.12. The van der Waals surface area contributed by atoms with Crippen molar-refractivity contribution >= 4 is 17.7 Å². The monoisotopic (exact) mass is 240 g/mol. The van der Waals surface area contributed by atoms with Gasteiger partial charge in [0.15, 0.2) is 0 Å². The molecule has 0 aliphatic heterocycles. The quantitative estimate of drug-likeness (QED) is 0.798. The van der Waals surface area contributed by atoms with Crippen LogP contribution in [0, 0.1) is 0 Å². The Balaban J connectivity index is 2.23. The summed E-state index contributed by atoms with van der Waals surface area (Å²) in [6.07, 6.45) is 3.53. The third-order valence-electron chi connectivity index (χ3n) is 2.08. The molecule has 1 amide bonds. The lowest BCUT2D eigenvalue weighted by atomic mass is 10.3. The second-order valence-electron chi connectivity index (χ2n) is 3.39. The van der Waals surface area contributed by atoms with Crippen LogP contribution in [0.15, 0.2) is 24.5 Å². The van der Waals surface area contributed by atoms with Crippen LogP contribution in [-0.2, 0) is 10.5 Å². The molecule has 0 bridgehead atoms. The topological polar surface area (TPSA) is 53.4 Å². The number of amides is 1. The molecule has 4 nitrogen and oxygen atoms in total. The first-order valence-electron chi connectivity index (χ1n) is 5.05. The number of carbonyl (C=O) groups excluding carboxylic acids is 1. The number of thioether (sulfide) groups is 1. The van der Waals surface area contributed by atoms with Gasteiger partial charge in [0.1, 0.15) is 0 Å². The molecule has 0 unspecified atom stereocenters. The van der Waals surface area contributed by atoms with Gasteiger partial charge in [-0.05, 0) is 11.6 Å². The first-order valence-corrected chi connectivity index (χ1v) is 6.21. The molecule has 0 aromatic carbocycles. The van der Waals surface area contributed by atoms with Crippen molar-refractivity contribution in [1.82, 2.24) is 9.88 Å². The average Bonchev–Trinajstić information content (AvgIpc) is 2.30. The minimum Gasteiger partial charge on any atom is -0.395 e. The van der Waals surface area contributed by atoms with Crippen LogP contribution in [0.2, 0.25) is 0 Å². The van der Waals surface area contributed by atoms with Gasteiger partial charge in [0, 0.05) is 31.7 Å². The maximum Gasteiger partial charge on any atom is 0.232 e. The summed E-state index contributed by atoms with van der Waals surface area (Å²) in [6.45, 7) is 0.405. The standard InChI is InChI=1S/C11H16N2O2S/c1-13(5-6-14)11(15)9-16-8-10-3-2-4-12-7-10/h2-4,7,14H,5-6,8-9H2,1H3. The van der Waals surface area contributed by atoms with Crippen molar-refractivity contribution in [1.29, 1.82) is 0 Å². The number of rotatable bonds is 6. The van der Waals surface area contributed by atoms with Gasteiger partial charge in [0.25, 0.3) is 0 Å². The van der Waals surface area contributed by atoms with E-state index in [-0.39, 0.29) is 12.5 Å². The summed E-state index contributed by atoms with van der Waals surface area (Å²) in [7, 11) is 1.70. The fourth-order valence-corrected chi connectivity index (χ4v) is 2.03. The molecule has 1 aromatic rings. The van der Waals surface area contributed by atoms with Gasteiger partial charge < -0.3 is 10.0 Å². The zero-order chi connectivity index (χ0) is 11.8. The van der Waals surface area contributed by atoms with E-state index < -0.39 is 0 Å². The Morgan fingerprint density at radius 1 is 1.62 bits per heavy atom. The van der Waals surface area contributed by atoms with Crippen molar-refractivity contribution in [2.75, 3.05) is 26.0 Å². The van der Waals surface area contributed by atoms with E-state index >= 15 is 0 Å². The molecule has 0 fully saturated rings. The van der Waals surface area contributed by atoms with E-state index in [9.17, 15) is 4.79 Å². The molecule has 0 radical (unpaired) electrons. The van der Waals surface area contributed by atoms with Gasteiger partial charge >= 0.3 is 0 Å². The number of nitrogens with zero attached hydrogens (tertiary/aromatic N) is 2. The van der Waals surface area contributed by atoms with Gasteiger partial charge in [-0.1, -0.05) is 6.07 Å². The highest BCUT2D eigenvalue weighted by Crippen LogP contribution is 2.10. The van der Waals surface area contributed by atoms with Gasteiger partial charge in [-0.2, -0.15) is 0 Å². The Hall–Kier alpha value is -1.07. The third-order valence-corrected chi connectivity index (χ3v) is 3.07. The highest BCUT2D eigenvalue weighted by Gasteiger charge is 2.07.